The number of rotatable bonds is 1. The lowest BCUT2D eigenvalue weighted by Gasteiger charge is -1.98. The molecule has 1 nitrogen and oxygen atoms in total. The first-order chi connectivity index (χ1) is 6.22. The van der Waals surface area contributed by atoms with Gasteiger partial charge in [-0.1, -0.05) is 29.3 Å². The van der Waals surface area contributed by atoms with Gasteiger partial charge in [0.25, 0.3) is 0 Å². The molecule has 0 N–H and O–H groups in total. The van der Waals surface area contributed by atoms with Crippen LogP contribution in [0.25, 0.3) is 5.03 Å². The third-order valence-electron chi connectivity index (χ3n) is 2.11. The lowest BCUT2D eigenvalue weighted by atomic mass is 10.1. The standard InChI is InChI=1S/C10H6Cl2O/c11-8-2-1-6-3-7(5-13)10(12)9(6)4-8/h1-2,4-5H,3H2. The Labute approximate surface area is 86.0 Å². The molecule has 2 rings (SSSR count). The molecule has 1 aliphatic carbocycles. The summed E-state index contributed by atoms with van der Waals surface area (Å²) in [5, 5.41) is 1.18. The number of fused-ring (bicyclic) bond motifs is 1. The Morgan fingerprint density at radius 1 is 1.31 bits per heavy atom. The molecule has 0 amide bonds. The van der Waals surface area contributed by atoms with E-state index in [4.69, 9.17) is 23.2 Å². The van der Waals surface area contributed by atoms with Crippen LogP contribution >= 0.6 is 23.2 Å². The Morgan fingerprint density at radius 3 is 2.77 bits per heavy atom. The van der Waals surface area contributed by atoms with Gasteiger partial charge in [-0.25, -0.2) is 0 Å². The van der Waals surface area contributed by atoms with Crippen LogP contribution in [0.5, 0.6) is 0 Å². The number of benzene rings is 1. The van der Waals surface area contributed by atoms with E-state index >= 15 is 0 Å². The van der Waals surface area contributed by atoms with Crippen LogP contribution in [0.2, 0.25) is 5.02 Å². The first-order valence-corrected chi connectivity index (χ1v) is 4.60. The first kappa shape index (κ1) is 8.79. The highest BCUT2D eigenvalue weighted by molar-refractivity contribution is 6.51. The van der Waals surface area contributed by atoms with E-state index in [1.54, 1.807) is 12.1 Å². The van der Waals surface area contributed by atoms with Crippen molar-refractivity contribution in [3.8, 4) is 0 Å². The molecule has 0 aliphatic heterocycles. The smallest absolute Gasteiger partial charge is 0.147 e. The maximum absolute atomic E-state index is 10.6. The van der Waals surface area contributed by atoms with Crippen molar-refractivity contribution in [1.82, 2.24) is 0 Å². The van der Waals surface area contributed by atoms with Gasteiger partial charge in [0.1, 0.15) is 6.29 Å². The quantitative estimate of drug-likeness (QED) is 0.655. The SMILES string of the molecule is O=CC1=C(Cl)c2cc(Cl)ccc2C1. The van der Waals surface area contributed by atoms with E-state index in [0.717, 1.165) is 17.4 Å². The molecular formula is C10H6Cl2O. The molecule has 0 unspecified atom stereocenters. The van der Waals surface area contributed by atoms with Gasteiger partial charge in [-0.2, -0.15) is 0 Å². The van der Waals surface area contributed by atoms with Crippen LogP contribution in [0, 0.1) is 0 Å². The molecule has 0 saturated heterocycles. The van der Waals surface area contributed by atoms with E-state index in [0.29, 0.717) is 22.0 Å². The van der Waals surface area contributed by atoms with Crippen LogP contribution in [0.1, 0.15) is 11.1 Å². The second kappa shape index (κ2) is 3.17. The third kappa shape index (κ3) is 1.38. The van der Waals surface area contributed by atoms with Crippen molar-refractivity contribution in [1.29, 1.82) is 0 Å². The number of hydrogen-bond donors (Lipinski definition) is 0. The van der Waals surface area contributed by atoms with Crippen LogP contribution in [0.15, 0.2) is 23.8 Å². The predicted octanol–water partition coefficient (Wildman–Crippen LogP) is 3.04. The molecule has 0 aromatic heterocycles. The number of aldehydes is 1. The number of halogens is 2. The minimum atomic E-state index is 0.535. The van der Waals surface area contributed by atoms with Crippen molar-refractivity contribution in [2.24, 2.45) is 0 Å². The molecule has 0 radical (unpaired) electrons. The molecule has 0 saturated carbocycles. The molecule has 0 bridgehead atoms. The van der Waals surface area contributed by atoms with Crippen molar-refractivity contribution in [3.05, 3.63) is 39.9 Å². The normalized spacial score (nSPS) is 14.6. The van der Waals surface area contributed by atoms with Gasteiger partial charge in [0.2, 0.25) is 0 Å². The summed E-state index contributed by atoms with van der Waals surface area (Å²) in [6.07, 6.45) is 1.42. The second-order valence-corrected chi connectivity index (χ2v) is 3.75. The summed E-state index contributed by atoms with van der Waals surface area (Å²) in [5.74, 6) is 0. The summed E-state index contributed by atoms with van der Waals surface area (Å²) in [6.45, 7) is 0. The van der Waals surface area contributed by atoms with Gasteiger partial charge in [0.05, 0.1) is 5.03 Å². The zero-order valence-electron chi connectivity index (χ0n) is 6.68. The highest BCUT2D eigenvalue weighted by Crippen LogP contribution is 2.35. The molecule has 0 fully saturated rings. The van der Waals surface area contributed by atoms with Crippen LogP contribution in [-0.4, -0.2) is 6.29 Å². The fourth-order valence-corrected chi connectivity index (χ4v) is 1.92. The van der Waals surface area contributed by atoms with Crippen molar-refractivity contribution in [2.75, 3.05) is 0 Å². The lowest BCUT2D eigenvalue weighted by molar-refractivity contribution is -0.104. The molecule has 1 aromatic carbocycles. The molecular weight excluding hydrogens is 207 g/mol. The summed E-state index contributed by atoms with van der Waals surface area (Å²) in [4.78, 5) is 10.6. The van der Waals surface area contributed by atoms with Gasteiger partial charge < -0.3 is 0 Å². The van der Waals surface area contributed by atoms with Gasteiger partial charge in [-0.15, -0.1) is 0 Å². The minimum Gasteiger partial charge on any atom is -0.298 e. The maximum Gasteiger partial charge on any atom is 0.147 e. The molecule has 1 aromatic rings. The molecule has 1 aliphatic rings. The summed E-state index contributed by atoms with van der Waals surface area (Å²) >= 11 is 11.8. The monoisotopic (exact) mass is 212 g/mol. The van der Waals surface area contributed by atoms with E-state index < -0.39 is 0 Å². The fourth-order valence-electron chi connectivity index (χ4n) is 1.46. The Morgan fingerprint density at radius 2 is 2.08 bits per heavy atom. The summed E-state index contributed by atoms with van der Waals surface area (Å²) in [5.41, 5.74) is 2.59. The Bertz CT molecular complexity index is 407. The van der Waals surface area contributed by atoms with E-state index in [9.17, 15) is 4.79 Å². The van der Waals surface area contributed by atoms with Gasteiger partial charge in [0.15, 0.2) is 0 Å². The van der Waals surface area contributed by atoms with E-state index in [1.807, 2.05) is 6.07 Å². The maximum atomic E-state index is 10.6. The van der Waals surface area contributed by atoms with Crippen LogP contribution in [0.4, 0.5) is 0 Å². The van der Waals surface area contributed by atoms with Crippen molar-refractivity contribution < 1.29 is 4.79 Å². The topological polar surface area (TPSA) is 17.1 Å². The number of carbonyl (C=O) groups excluding carboxylic acids is 1. The summed E-state index contributed by atoms with van der Waals surface area (Å²) < 4.78 is 0. The molecule has 3 heteroatoms. The predicted molar refractivity (Wildman–Crippen MR) is 54.0 cm³/mol. The average Bonchev–Trinajstić information content (AvgIpc) is 2.44. The molecule has 0 spiro atoms. The van der Waals surface area contributed by atoms with Gasteiger partial charge >= 0.3 is 0 Å². The molecule has 0 atom stereocenters. The van der Waals surface area contributed by atoms with Crippen LogP contribution < -0.4 is 0 Å². The van der Waals surface area contributed by atoms with Crippen LogP contribution in [0.3, 0.4) is 0 Å². The fraction of sp³-hybridized carbons (Fsp3) is 0.100. The van der Waals surface area contributed by atoms with E-state index in [-0.39, 0.29) is 0 Å². The zero-order chi connectivity index (χ0) is 9.42. The largest absolute Gasteiger partial charge is 0.298 e. The van der Waals surface area contributed by atoms with Crippen molar-refractivity contribution in [2.45, 2.75) is 6.42 Å². The first-order valence-electron chi connectivity index (χ1n) is 3.85. The average molecular weight is 213 g/mol. The van der Waals surface area contributed by atoms with Crippen LogP contribution in [-0.2, 0) is 11.2 Å². The van der Waals surface area contributed by atoms with Crippen molar-refractivity contribution >= 4 is 34.5 Å². The number of carbonyl (C=O) groups is 1. The Kier molecular flexibility index (Phi) is 2.14. The minimum absolute atomic E-state index is 0.535. The number of hydrogen-bond acceptors (Lipinski definition) is 1. The molecule has 66 valence electrons. The van der Waals surface area contributed by atoms with Gasteiger partial charge in [0, 0.05) is 17.0 Å². The zero-order valence-corrected chi connectivity index (χ0v) is 8.19. The van der Waals surface area contributed by atoms with E-state index in [1.165, 1.54) is 0 Å². The Balaban J connectivity index is 2.58. The highest BCUT2D eigenvalue weighted by Gasteiger charge is 2.19. The summed E-state index contributed by atoms with van der Waals surface area (Å²) in [7, 11) is 0. The molecule has 0 heterocycles. The highest BCUT2D eigenvalue weighted by atomic mass is 35.5. The van der Waals surface area contributed by atoms with Gasteiger partial charge in [-0.3, -0.25) is 4.79 Å². The van der Waals surface area contributed by atoms with E-state index in [2.05, 4.69) is 0 Å². The third-order valence-corrected chi connectivity index (χ3v) is 2.79. The second-order valence-electron chi connectivity index (χ2n) is 2.94. The van der Waals surface area contributed by atoms with Gasteiger partial charge in [-0.05, 0) is 23.3 Å². The molecule has 13 heavy (non-hydrogen) atoms. The number of allylic oxidation sites excluding steroid dienone is 1. The lowest BCUT2D eigenvalue weighted by Crippen LogP contribution is -1.84. The van der Waals surface area contributed by atoms with Crippen molar-refractivity contribution in [3.63, 3.8) is 0 Å². The summed E-state index contributed by atoms with van der Waals surface area (Å²) in [6, 6.07) is 5.49. The Hall–Kier alpha value is -0.790.